The number of hydrogen-bond donors (Lipinski definition) is 2. The Hall–Kier alpha value is -1.88. The Morgan fingerprint density at radius 2 is 2.05 bits per heavy atom. The summed E-state index contributed by atoms with van der Waals surface area (Å²) in [6.45, 7) is 2.79. The normalized spacial score (nSPS) is 16.5. The summed E-state index contributed by atoms with van der Waals surface area (Å²) in [6.07, 6.45) is 3.92. The van der Waals surface area contributed by atoms with Crippen LogP contribution in [0.4, 0.5) is 5.69 Å². The molecule has 1 atom stereocenters. The highest BCUT2D eigenvalue weighted by molar-refractivity contribution is 5.97. The summed E-state index contributed by atoms with van der Waals surface area (Å²) in [4.78, 5) is 25.8. The molecule has 2 rings (SSSR count). The fraction of sp³-hybridized carbons (Fsp3) is 0.529. The van der Waals surface area contributed by atoms with Crippen LogP contribution >= 0.6 is 0 Å². The van der Waals surface area contributed by atoms with E-state index < -0.39 is 0 Å². The van der Waals surface area contributed by atoms with Gasteiger partial charge >= 0.3 is 0 Å². The highest BCUT2D eigenvalue weighted by Crippen LogP contribution is 2.21. The first-order valence-corrected chi connectivity index (χ1v) is 7.98. The molecule has 5 heteroatoms. The molecule has 1 aromatic carbocycles. The Labute approximate surface area is 131 Å². The lowest BCUT2D eigenvalue weighted by Gasteiger charge is -2.26. The molecule has 2 N–H and O–H groups in total. The SMILES string of the molecule is CCC(CCO)NC(=O)c1ccc(N2CCCCC2=O)cc1. The first kappa shape index (κ1) is 16.5. The number of carbonyl (C=O) groups excluding carboxylic acids is 2. The van der Waals surface area contributed by atoms with Gasteiger partial charge in [0.15, 0.2) is 0 Å². The van der Waals surface area contributed by atoms with Crippen LogP contribution in [-0.2, 0) is 4.79 Å². The Bertz CT molecular complexity index is 513. The van der Waals surface area contributed by atoms with Gasteiger partial charge < -0.3 is 15.3 Å². The average molecular weight is 304 g/mol. The smallest absolute Gasteiger partial charge is 0.251 e. The molecule has 1 fully saturated rings. The van der Waals surface area contributed by atoms with E-state index in [0.717, 1.165) is 31.5 Å². The number of aliphatic hydroxyl groups is 1. The lowest BCUT2D eigenvalue weighted by Crippen LogP contribution is -2.36. The summed E-state index contributed by atoms with van der Waals surface area (Å²) in [7, 11) is 0. The molecule has 0 spiro atoms. The quantitative estimate of drug-likeness (QED) is 0.845. The highest BCUT2D eigenvalue weighted by Gasteiger charge is 2.20. The Kier molecular flexibility index (Phi) is 5.95. The van der Waals surface area contributed by atoms with Crippen LogP contribution in [0, 0.1) is 0 Å². The standard InChI is InChI=1S/C17H24N2O3/c1-2-14(10-12-20)18-17(22)13-6-8-15(9-7-13)19-11-4-3-5-16(19)21/h6-9,14,20H,2-5,10-12H2,1H3,(H,18,22). The van der Waals surface area contributed by atoms with Crippen molar-refractivity contribution in [1.29, 1.82) is 0 Å². The van der Waals surface area contributed by atoms with Crippen molar-refractivity contribution >= 4 is 17.5 Å². The predicted molar refractivity (Wildman–Crippen MR) is 85.9 cm³/mol. The molecule has 120 valence electrons. The molecule has 0 saturated carbocycles. The second kappa shape index (κ2) is 7.94. The molecule has 1 saturated heterocycles. The van der Waals surface area contributed by atoms with Gasteiger partial charge in [-0.05, 0) is 49.9 Å². The number of rotatable bonds is 6. The maximum absolute atomic E-state index is 12.2. The number of hydrogen-bond acceptors (Lipinski definition) is 3. The topological polar surface area (TPSA) is 69.6 Å². The van der Waals surface area contributed by atoms with Crippen LogP contribution in [0.5, 0.6) is 0 Å². The van der Waals surface area contributed by atoms with E-state index in [2.05, 4.69) is 5.32 Å². The summed E-state index contributed by atoms with van der Waals surface area (Å²) in [5.74, 6) is 0.00858. The molecule has 0 bridgehead atoms. The fourth-order valence-corrected chi connectivity index (χ4v) is 2.67. The van der Waals surface area contributed by atoms with E-state index >= 15 is 0 Å². The van der Waals surface area contributed by atoms with Crippen LogP contribution in [0.1, 0.15) is 49.4 Å². The monoisotopic (exact) mass is 304 g/mol. The van der Waals surface area contributed by atoms with Crippen LogP contribution in [0.15, 0.2) is 24.3 Å². The third kappa shape index (κ3) is 4.07. The summed E-state index contributed by atoms with van der Waals surface area (Å²) >= 11 is 0. The third-order valence-corrected chi connectivity index (χ3v) is 4.07. The molecule has 0 aromatic heterocycles. The van der Waals surface area contributed by atoms with Crippen molar-refractivity contribution in [3.63, 3.8) is 0 Å². The van der Waals surface area contributed by atoms with Crippen LogP contribution in [0.25, 0.3) is 0 Å². The van der Waals surface area contributed by atoms with Gasteiger partial charge in [-0.1, -0.05) is 6.92 Å². The highest BCUT2D eigenvalue weighted by atomic mass is 16.3. The van der Waals surface area contributed by atoms with Gasteiger partial charge in [0.2, 0.25) is 5.91 Å². The van der Waals surface area contributed by atoms with E-state index in [4.69, 9.17) is 5.11 Å². The minimum Gasteiger partial charge on any atom is -0.396 e. The molecule has 1 aliphatic rings. The Balaban J connectivity index is 2.01. The van der Waals surface area contributed by atoms with Crippen molar-refractivity contribution in [1.82, 2.24) is 5.32 Å². The molecule has 0 aliphatic carbocycles. The van der Waals surface area contributed by atoms with Crippen molar-refractivity contribution in [3.05, 3.63) is 29.8 Å². The summed E-state index contributed by atoms with van der Waals surface area (Å²) in [5.41, 5.74) is 1.42. The zero-order chi connectivity index (χ0) is 15.9. The summed E-state index contributed by atoms with van der Waals surface area (Å²) < 4.78 is 0. The number of nitrogens with zero attached hydrogens (tertiary/aromatic N) is 1. The molecule has 1 aliphatic heterocycles. The largest absolute Gasteiger partial charge is 0.396 e. The van der Waals surface area contributed by atoms with Crippen LogP contribution in [0.3, 0.4) is 0 Å². The molecule has 0 radical (unpaired) electrons. The number of anilines is 1. The van der Waals surface area contributed by atoms with E-state index in [1.165, 1.54) is 0 Å². The van der Waals surface area contributed by atoms with Gasteiger partial charge in [0.1, 0.15) is 0 Å². The number of carbonyl (C=O) groups is 2. The first-order valence-electron chi connectivity index (χ1n) is 7.98. The zero-order valence-corrected chi connectivity index (χ0v) is 13.0. The van der Waals surface area contributed by atoms with E-state index in [1.54, 1.807) is 17.0 Å². The summed E-state index contributed by atoms with van der Waals surface area (Å²) in [6, 6.07) is 7.13. The summed E-state index contributed by atoms with van der Waals surface area (Å²) in [5, 5.41) is 11.9. The maximum atomic E-state index is 12.2. The second-order valence-corrected chi connectivity index (χ2v) is 5.64. The maximum Gasteiger partial charge on any atom is 0.251 e. The minimum atomic E-state index is -0.142. The van der Waals surface area contributed by atoms with Gasteiger partial charge in [0.25, 0.3) is 5.91 Å². The zero-order valence-electron chi connectivity index (χ0n) is 13.0. The van der Waals surface area contributed by atoms with Gasteiger partial charge in [0, 0.05) is 36.9 Å². The first-order chi connectivity index (χ1) is 10.7. The number of aliphatic hydroxyl groups excluding tert-OH is 1. The number of benzene rings is 1. The van der Waals surface area contributed by atoms with E-state index in [1.807, 2.05) is 19.1 Å². The molecule has 2 amide bonds. The minimum absolute atomic E-state index is 0.0131. The molecule has 1 unspecified atom stereocenters. The number of amides is 2. The number of nitrogens with one attached hydrogen (secondary N) is 1. The van der Waals surface area contributed by atoms with Crippen molar-refractivity contribution in [2.24, 2.45) is 0 Å². The fourth-order valence-electron chi connectivity index (χ4n) is 2.67. The molecule has 5 nitrogen and oxygen atoms in total. The van der Waals surface area contributed by atoms with Crippen molar-refractivity contribution < 1.29 is 14.7 Å². The van der Waals surface area contributed by atoms with Crippen molar-refractivity contribution in [2.75, 3.05) is 18.1 Å². The Morgan fingerprint density at radius 1 is 1.32 bits per heavy atom. The van der Waals surface area contributed by atoms with E-state index in [9.17, 15) is 9.59 Å². The lowest BCUT2D eigenvalue weighted by molar-refractivity contribution is -0.119. The van der Waals surface area contributed by atoms with Crippen LogP contribution in [0.2, 0.25) is 0 Å². The lowest BCUT2D eigenvalue weighted by atomic mass is 10.1. The van der Waals surface area contributed by atoms with Crippen LogP contribution in [-0.4, -0.2) is 36.1 Å². The van der Waals surface area contributed by atoms with Crippen molar-refractivity contribution in [2.45, 2.75) is 45.1 Å². The van der Waals surface area contributed by atoms with Gasteiger partial charge in [-0.15, -0.1) is 0 Å². The molecule has 22 heavy (non-hydrogen) atoms. The Morgan fingerprint density at radius 3 is 2.64 bits per heavy atom. The molecular formula is C17H24N2O3. The van der Waals surface area contributed by atoms with Gasteiger partial charge in [-0.2, -0.15) is 0 Å². The second-order valence-electron chi connectivity index (χ2n) is 5.64. The van der Waals surface area contributed by atoms with E-state index in [0.29, 0.717) is 18.4 Å². The predicted octanol–water partition coefficient (Wildman–Crippen LogP) is 2.09. The molecular weight excluding hydrogens is 280 g/mol. The average Bonchev–Trinajstić information content (AvgIpc) is 2.55. The van der Waals surface area contributed by atoms with Gasteiger partial charge in [0.05, 0.1) is 0 Å². The van der Waals surface area contributed by atoms with Crippen molar-refractivity contribution in [3.8, 4) is 0 Å². The van der Waals surface area contributed by atoms with Crippen LogP contribution < -0.4 is 10.2 Å². The van der Waals surface area contributed by atoms with Gasteiger partial charge in [-0.3, -0.25) is 9.59 Å². The van der Waals surface area contributed by atoms with Gasteiger partial charge in [-0.25, -0.2) is 0 Å². The number of piperidine rings is 1. The van der Waals surface area contributed by atoms with E-state index in [-0.39, 0.29) is 24.5 Å². The third-order valence-electron chi connectivity index (χ3n) is 4.07. The molecule has 1 heterocycles. The molecule has 1 aromatic rings.